The quantitative estimate of drug-likeness (QED) is 0.565. The van der Waals surface area contributed by atoms with Crippen LogP contribution in [0.1, 0.15) is 37.5 Å². The van der Waals surface area contributed by atoms with Crippen molar-refractivity contribution in [1.82, 2.24) is 5.43 Å². The first kappa shape index (κ1) is 20.0. The SMILES string of the molecule is COc1cc(/C=N/NC(=O)Cc2ccc(C(C)(C)C)cc2)cc(Br)c1O. The fourth-order valence-electron chi connectivity index (χ4n) is 2.35. The van der Waals surface area contributed by atoms with E-state index >= 15 is 0 Å². The lowest BCUT2D eigenvalue weighted by Gasteiger charge is -2.19. The van der Waals surface area contributed by atoms with E-state index in [9.17, 15) is 9.90 Å². The lowest BCUT2D eigenvalue weighted by molar-refractivity contribution is -0.120. The summed E-state index contributed by atoms with van der Waals surface area (Å²) in [5.41, 5.74) is 5.44. The molecule has 0 aromatic heterocycles. The first-order chi connectivity index (χ1) is 12.2. The maximum absolute atomic E-state index is 12.0. The summed E-state index contributed by atoms with van der Waals surface area (Å²) < 4.78 is 5.57. The third-order valence-corrected chi connectivity index (χ3v) is 4.46. The number of rotatable bonds is 5. The predicted molar refractivity (Wildman–Crippen MR) is 107 cm³/mol. The molecule has 2 aromatic carbocycles. The second-order valence-electron chi connectivity index (χ2n) is 6.97. The van der Waals surface area contributed by atoms with Crippen LogP contribution in [0.2, 0.25) is 0 Å². The number of ether oxygens (including phenoxy) is 1. The Kier molecular flexibility index (Phi) is 6.42. The van der Waals surface area contributed by atoms with E-state index in [1.54, 1.807) is 12.1 Å². The molecule has 0 aliphatic heterocycles. The highest BCUT2D eigenvalue weighted by Gasteiger charge is 2.13. The Morgan fingerprint density at radius 1 is 1.27 bits per heavy atom. The minimum Gasteiger partial charge on any atom is -0.503 e. The molecule has 0 aliphatic carbocycles. The number of nitrogens with one attached hydrogen (secondary N) is 1. The summed E-state index contributed by atoms with van der Waals surface area (Å²) in [4.78, 5) is 12.0. The predicted octanol–water partition coefficient (Wildman–Crippen LogP) is 4.15. The number of amides is 1. The highest BCUT2D eigenvalue weighted by Crippen LogP contribution is 2.34. The minimum atomic E-state index is -0.199. The van der Waals surface area contributed by atoms with E-state index in [1.807, 2.05) is 24.3 Å². The number of methoxy groups -OCH3 is 1. The van der Waals surface area contributed by atoms with Gasteiger partial charge < -0.3 is 9.84 Å². The summed E-state index contributed by atoms with van der Waals surface area (Å²) >= 11 is 3.24. The number of carbonyl (C=O) groups is 1. The maximum atomic E-state index is 12.0. The van der Waals surface area contributed by atoms with Crippen molar-refractivity contribution < 1.29 is 14.6 Å². The number of hydrogen-bond donors (Lipinski definition) is 2. The smallest absolute Gasteiger partial charge is 0.244 e. The van der Waals surface area contributed by atoms with Crippen molar-refractivity contribution in [3.63, 3.8) is 0 Å². The van der Waals surface area contributed by atoms with Crippen LogP contribution in [0.3, 0.4) is 0 Å². The largest absolute Gasteiger partial charge is 0.503 e. The molecule has 0 bridgehead atoms. The molecule has 5 nitrogen and oxygen atoms in total. The third kappa shape index (κ3) is 5.33. The van der Waals surface area contributed by atoms with Crippen LogP contribution < -0.4 is 10.2 Å². The van der Waals surface area contributed by atoms with Crippen LogP contribution in [-0.4, -0.2) is 24.3 Å². The van der Waals surface area contributed by atoms with E-state index in [0.29, 0.717) is 15.8 Å². The van der Waals surface area contributed by atoms with Crippen molar-refractivity contribution in [2.75, 3.05) is 7.11 Å². The third-order valence-electron chi connectivity index (χ3n) is 3.86. The molecule has 26 heavy (non-hydrogen) atoms. The van der Waals surface area contributed by atoms with Gasteiger partial charge in [0.05, 0.1) is 24.2 Å². The number of benzene rings is 2. The van der Waals surface area contributed by atoms with Gasteiger partial charge >= 0.3 is 0 Å². The van der Waals surface area contributed by atoms with Crippen LogP contribution in [0.25, 0.3) is 0 Å². The fraction of sp³-hybridized carbons (Fsp3) is 0.300. The molecule has 1 amide bonds. The van der Waals surface area contributed by atoms with Gasteiger partial charge in [0.2, 0.25) is 5.91 Å². The van der Waals surface area contributed by atoms with Crippen LogP contribution >= 0.6 is 15.9 Å². The molecule has 0 radical (unpaired) electrons. The second-order valence-corrected chi connectivity index (χ2v) is 7.82. The molecule has 138 valence electrons. The van der Waals surface area contributed by atoms with Crippen LogP contribution in [0.15, 0.2) is 46.0 Å². The molecular weight excluding hydrogens is 396 g/mol. The van der Waals surface area contributed by atoms with E-state index in [-0.39, 0.29) is 23.5 Å². The number of phenols is 1. The molecule has 2 N–H and O–H groups in total. The highest BCUT2D eigenvalue weighted by atomic mass is 79.9. The van der Waals surface area contributed by atoms with Gasteiger partial charge in [0.1, 0.15) is 0 Å². The molecule has 0 heterocycles. The summed E-state index contributed by atoms with van der Waals surface area (Å²) in [5.74, 6) is 0.146. The van der Waals surface area contributed by atoms with E-state index in [0.717, 1.165) is 5.56 Å². The van der Waals surface area contributed by atoms with E-state index < -0.39 is 0 Å². The number of halogens is 1. The number of aromatic hydroxyl groups is 1. The van der Waals surface area contributed by atoms with Crippen molar-refractivity contribution in [1.29, 1.82) is 0 Å². The molecule has 0 unspecified atom stereocenters. The summed E-state index contributed by atoms with van der Waals surface area (Å²) in [6.45, 7) is 6.46. The van der Waals surface area contributed by atoms with Crippen LogP contribution in [-0.2, 0) is 16.6 Å². The van der Waals surface area contributed by atoms with Crippen molar-refractivity contribution in [2.24, 2.45) is 5.10 Å². The van der Waals surface area contributed by atoms with Gasteiger partial charge in [-0.15, -0.1) is 0 Å². The fourth-order valence-corrected chi connectivity index (χ4v) is 2.81. The number of hydrogen-bond acceptors (Lipinski definition) is 4. The molecule has 0 atom stereocenters. The monoisotopic (exact) mass is 418 g/mol. The second kappa shape index (κ2) is 8.36. The average molecular weight is 419 g/mol. The number of hydrazone groups is 1. The zero-order valence-corrected chi connectivity index (χ0v) is 16.9. The normalized spacial score (nSPS) is 11.6. The van der Waals surface area contributed by atoms with Gasteiger partial charge in [-0.25, -0.2) is 5.43 Å². The van der Waals surface area contributed by atoms with Crippen LogP contribution in [0.4, 0.5) is 0 Å². The molecule has 0 saturated heterocycles. The molecule has 2 aromatic rings. The summed E-state index contributed by atoms with van der Waals surface area (Å²) in [6.07, 6.45) is 1.75. The summed E-state index contributed by atoms with van der Waals surface area (Å²) in [6, 6.07) is 11.3. The van der Waals surface area contributed by atoms with E-state index in [2.05, 4.69) is 47.2 Å². The topological polar surface area (TPSA) is 70.9 Å². The van der Waals surface area contributed by atoms with Gasteiger partial charge in [-0.2, -0.15) is 5.10 Å². The van der Waals surface area contributed by atoms with Crippen molar-refractivity contribution in [2.45, 2.75) is 32.6 Å². The van der Waals surface area contributed by atoms with Crippen molar-refractivity contribution in [3.8, 4) is 11.5 Å². The van der Waals surface area contributed by atoms with Crippen LogP contribution in [0.5, 0.6) is 11.5 Å². The van der Waals surface area contributed by atoms with Gasteiger partial charge in [0.25, 0.3) is 0 Å². The Balaban J connectivity index is 1.96. The van der Waals surface area contributed by atoms with Crippen molar-refractivity contribution in [3.05, 3.63) is 57.6 Å². The average Bonchev–Trinajstić information content (AvgIpc) is 2.57. The molecule has 0 spiro atoms. The lowest BCUT2D eigenvalue weighted by atomic mass is 9.86. The molecule has 0 fully saturated rings. The first-order valence-corrected chi connectivity index (χ1v) is 8.98. The Bertz CT molecular complexity index is 809. The molecule has 0 aliphatic rings. The zero-order chi connectivity index (χ0) is 19.3. The zero-order valence-electron chi connectivity index (χ0n) is 15.3. The number of nitrogens with zero attached hydrogens (tertiary/aromatic N) is 1. The highest BCUT2D eigenvalue weighted by molar-refractivity contribution is 9.10. The Hall–Kier alpha value is -2.34. The Labute approximate surface area is 162 Å². The summed E-state index contributed by atoms with van der Waals surface area (Å²) in [5, 5.41) is 13.7. The summed E-state index contributed by atoms with van der Waals surface area (Å²) in [7, 11) is 1.47. The first-order valence-electron chi connectivity index (χ1n) is 8.18. The van der Waals surface area contributed by atoms with E-state index in [1.165, 1.54) is 18.9 Å². The lowest BCUT2D eigenvalue weighted by Crippen LogP contribution is -2.20. The Morgan fingerprint density at radius 3 is 2.50 bits per heavy atom. The van der Waals surface area contributed by atoms with Gasteiger partial charge in [0, 0.05) is 0 Å². The Morgan fingerprint density at radius 2 is 1.92 bits per heavy atom. The number of carbonyl (C=O) groups excluding carboxylic acids is 1. The van der Waals surface area contributed by atoms with E-state index in [4.69, 9.17) is 4.74 Å². The van der Waals surface area contributed by atoms with Gasteiger partial charge in [-0.05, 0) is 50.2 Å². The molecule has 2 rings (SSSR count). The van der Waals surface area contributed by atoms with Crippen molar-refractivity contribution >= 4 is 28.1 Å². The molecular formula is C20H23BrN2O3. The van der Waals surface area contributed by atoms with Gasteiger partial charge in [-0.1, -0.05) is 45.0 Å². The molecule has 0 saturated carbocycles. The van der Waals surface area contributed by atoms with Gasteiger partial charge in [-0.3, -0.25) is 4.79 Å². The minimum absolute atomic E-state index is 0.0207. The molecule has 6 heteroatoms. The standard InChI is InChI=1S/C20H23BrN2O3/c1-20(2,3)15-7-5-13(6-8-15)11-18(24)23-22-12-14-9-16(21)19(25)17(10-14)26-4/h5-10,12,25H,11H2,1-4H3,(H,23,24)/b22-12+. The maximum Gasteiger partial charge on any atom is 0.244 e. The van der Waals surface area contributed by atoms with Gasteiger partial charge in [0.15, 0.2) is 11.5 Å². The van der Waals surface area contributed by atoms with Crippen LogP contribution in [0, 0.1) is 0 Å². The number of phenolic OH excluding ortho intramolecular Hbond substituents is 1.